The van der Waals surface area contributed by atoms with E-state index in [1.807, 2.05) is 26.2 Å². The molecule has 0 aromatic carbocycles. The van der Waals surface area contributed by atoms with Gasteiger partial charge in [-0.15, -0.1) is 0 Å². The average molecular weight is 341 g/mol. The Morgan fingerprint density at radius 3 is 2.91 bits per heavy atom. The largest absolute Gasteiger partial charge is 0.357 e. The van der Waals surface area contributed by atoms with Gasteiger partial charge in [0.1, 0.15) is 5.82 Å². The van der Waals surface area contributed by atoms with Crippen molar-refractivity contribution in [3.63, 3.8) is 0 Å². The van der Waals surface area contributed by atoms with E-state index >= 15 is 0 Å². The lowest BCUT2D eigenvalue weighted by atomic mass is 10.3. The summed E-state index contributed by atoms with van der Waals surface area (Å²) in [6, 6.07) is -0.0219. The first-order valence-electron chi connectivity index (χ1n) is 8.23. The van der Waals surface area contributed by atoms with Crippen LogP contribution in [0.2, 0.25) is 0 Å². The van der Waals surface area contributed by atoms with E-state index in [0.717, 1.165) is 38.3 Å². The molecule has 1 unspecified atom stereocenters. The molecule has 1 aromatic rings. The Balaban J connectivity index is 1.74. The molecule has 2 heterocycles. The number of imidazole rings is 1. The molecule has 1 saturated heterocycles. The molecule has 7 nitrogen and oxygen atoms in total. The fourth-order valence-corrected chi connectivity index (χ4v) is 4.32. The molecule has 1 aliphatic heterocycles. The molecule has 1 atom stereocenters. The van der Waals surface area contributed by atoms with Gasteiger partial charge in [-0.2, -0.15) is 0 Å². The van der Waals surface area contributed by atoms with Gasteiger partial charge in [-0.25, -0.2) is 13.4 Å². The highest BCUT2D eigenvalue weighted by Crippen LogP contribution is 2.11. The molecule has 0 radical (unpaired) electrons. The summed E-state index contributed by atoms with van der Waals surface area (Å²) < 4.78 is 25.2. The number of rotatable bonds is 7. The quantitative estimate of drug-likeness (QED) is 0.433. The van der Waals surface area contributed by atoms with Crippen LogP contribution in [-0.2, 0) is 16.4 Å². The summed E-state index contributed by atoms with van der Waals surface area (Å²) in [5.41, 5.74) is 0. The van der Waals surface area contributed by atoms with E-state index in [1.165, 1.54) is 0 Å². The maximum absolute atomic E-state index is 11.5. The zero-order chi connectivity index (χ0) is 16.7. The fourth-order valence-electron chi connectivity index (χ4n) is 2.65. The van der Waals surface area contributed by atoms with Gasteiger partial charge in [0.05, 0.1) is 11.5 Å². The summed E-state index contributed by atoms with van der Waals surface area (Å²) in [6.07, 6.45) is 6.49. The minimum atomic E-state index is -2.87. The molecule has 130 valence electrons. The Morgan fingerprint density at radius 2 is 2.30 bits per heavy atom. The van der Waals surface area contributed by atoms with Crippen LogP contribution in [0.1, 0.15) is 32.0 Å². The van der Waals surface area contributed by atoms with E-state index in [9.17, 15) is 8.42 Å². The molecular weight excluding hydrogens is 314 g/mol. The van der Waals surface area contributed by atoms with Crippen LogP contribution in [0.4, 0.5) is 0 Å². The Hall–Kier alpha value is -1.57. The third kappa shape index (κ3) is 5.85. The van der Waals surface area contributed by atoms with E-state index in [1.54, 1.807) is 0 Å². The van der Waals surface area contributed by atoms with Crippen LogP contribution in [0, 0.1) is 6.92 Å². The summed E-state index contributed by atoms with van der Waals surface area (Å²) >= 11 is 0. The van der Waals surface area contributed by atoms with E-state index in [4.69, 9.17) is 0 Å². The van der Waals surface area contributed by atoms with Gasteiger partial charge in [-0.05, 0) is 33.1 Å². The molecule has 0 bridgehead atoms. The zero-order valence-corrected chi connectivity index (χ0v) is 14.8. The summed E-state index contributed by atoms with van der Waals surface area (Å²) in [5.74, 6) is 2.23. The van der Waals surface area contributed by atoms with Crippen LogP contribution in [-0.4, -0.2) is 54.6 Å². The third-order valence-electron chi connectivity index (χ3n) is 3.92. The fraction of sp³-hybridized carbons (Fsp3) is 0.733. The molecule has 0 saturated carbocycles. The number of guanidine groups is 1. The van der Waals surface area contributed by atoms with Crippen LogP contribution in [0.5, 0.6) is 0 Å². The van der Waals surface area contributed by atoms with Gasteiger partial charge in [0.2, 0.25) is 0 Å². The molecule has 1 aromatic heterocycles. The molecule has 0 spiro atoms. The van der Waals surface area contributed by atoms with Crippen LogP contribution in [0.25, 0.3) is 0 Å². The van der Waals surface area contributed by atoms with Crippen molar-refractivity contribution in [3.8, 4) is 0 Å². The number of hydrogen-bond acceptors (Lipinski definition) is 4. The number of sulfone groups is 1. The van der Waals surface area contributed by atoms with Crippen LogP contribution < -0.4 is 10.6 Å². The van der Waals surface area contributed by atoms with Crippen LogP contribution in [0.15, 0.2) is 17.4 Å². The summed E-state index contributed by atoms with van der Waals surface area (Å²) in [5, 5.41) is 6.41. The molecule has 23 heavy (non-hydrogen) atoms. The Morgan fingerprint density at radius 1 is 1.48 bits per heavy atom. The second-order valence-electron chi connectivity index (χ2n) is 5.88. The van der Waals surface area contributed by atoms with E-state index in [2.05, 4.69) is 25.2 Å². The zero-order valence-electron chi connectivity index (χ0n) is 14.0. The minimum Gasteiger partial charge on any atom is -0.357 e. The van der Waals surface area contributed by atoms with Crippen molar-refractivity contribution in [2.24, 2.45) is 4.99 Å². The molecule has 1 fully saturated rings. The highest BCUT2D eigenvalue weighted by atomic mass is 32.2. The molecule has 1 aliphatic rings. The Bertz CT molecular complexity index is 624. The standard InChI is InChI=1S/C15H27N5O2S/c1-3-16-15(19-14-6-11-23(21,22)12-14)18-7-4-5-9-20-10-8-17-13(20)2/h8,10,14H,3-7,9,11-12H2,1-2H3,(H2,16,18,19). The maximum Gasteiger partial charge on any atom is 0.191 e. The lowest BCUT2D eigenvalue weighted by Gasteiger charge is -2.15. The molecule has 2 rings (SSSR count). The van der Waals surface area contributed by atoms with Crippen molar-refractivity contribution < 1.29 is 8.42 Å². The number of aromatic nitrogens is 2. The van der Waals surface area contributed by atoms with Crippen molar-refractivity contribution in [1.29, 1.82) is 0 Å². The lowest BCUT2D eigenvalue weighted by molar-refractivity contribution is 0.596. The van der Waals surface area contributed by atoms with Gasteiger partial charge in [0, 0.05) is 38.1 Å². The Kier molecular flexibility index (Phi) is 6.44. The molecule has 0 amide bonds. The first-order valence-corrected chi connectivity index (χ1v) is 10.1. The molecule has 0 aliphatic carbocycles. The molecule has 8 heteroatoms. The van der Waals surface area contributed by atoms with Gasteiger partial charge in [0.15, 0.2) is 15.8 Å². The number of hydrogen-bond donors (Lipinski definition) is 2. The number of nitrogens with zero attached hydrogens (tertiary/aromatic N) is 3. The van der Waals surface area contributed by atoms with Crippen molar-refractivity contribution in [2.75, 3.05) is 24.6 Å². The van der Waals surface area contributed by atoms with Crippen LogP contribution >= 0.6 is 0 Å². The number of aryl methyl sites for hydroxylation is 2. The molecular formula is C15H27N5O2S. The van der Waals surface area contributed by atoms with Gasteiger partial charge in [-0.3, -0.25) is 4.99 Å². The topological polar surface area (TPSA) is 88.4 Å². The van der Waals surface area contributed by atoms with Gasteiger partial charge < -0.3 is 15.2 Å². The van der Waals surface area contributed by atoms with Gasteiger partial charge in [0.25, 0.3) is 0 Å². The van der Waals surface area contributed by atoms with Crippen LogP contribution in [0.3, 0.4) is 0 Å². The highest BCUT2D eigenvalue weighted by Gasteiger charge is 2.28. The second-order valence-corrected chi connectivity index (χ2v) is 8.11. The van der Waals surface area contributed by atoms with E-state index in [-0.39, 0.29) is 17.5 Å². The lowest BCUT2D eigenvalue weighted by Crippen LogP contribution is -2.44. The Labute approximate surface area is 138 Å². The third-order valence-corrected chi connectivity index (χ3v) is 5.69. The SMILES string of the molecule is CCNC(=NCCCCn1ccnc1C)NC1CCS(=O)(=O)C1. The summed E-state index contributed by atoms with van der Waals surface area (Å²) in [6.45, 7) is 6.44. The monoisotopic (exact) mass is 341 g/mol. The smallest absolute Gasteiger partial charge is 0.191 e. The summed E-state index contributed by atoms with van der Waals surface area (Å²) in [7, 11) is -2.87. The molecule has 2 N–H and O–H groups in total. The first kappa shape index (κ1) is 17.8. The number of unbranched alkanes of at least 4 members (excludes halogenated alkanes) is 1. The van der Waals surface area contributed by atoms with Gasteiger partial charge >= 0.3 is 0 Å². The van der Waals surface area contributed by atoms with Crippen molar-refractivity contribution in [1.82, 2.24) is 20.2 Å². The van der Waals surface area contributed by atoms with E-state index in [0.29, 0.717) is 12.4 Å². The minimum absolute atomic E-state index is 0.0219. The highest BCUT2D eigenvalue weighted by molar-refractivity contribution is 7.91. The van der Waals surface area contributed by atoms with Gasteiger partial charge in [-0.1, -0.05) is 0 Å². The van der Waals surface area contributed by atoms with Crippen molar-refractivity contribution in [3.05, 3.63) is 18.2 Å². The average Bonchev–Trinajstić information content (AvgIpc) is 3.04. The second kappa shape index (κ2) is 8.33. The normalized spacial score (nSPS) is 20.6. The van der Waals surface area contributed by atoms with Crippen molar-refractivity contribution >= 4 is 15.8 Å². The predicted molar refractivity (Wildman–Crippen MR) is 92.4 cm³/mol. The summed E-state index contributed by atoms with van der Waals surface area (Å²) in [4.78, 5) is 8.74. The number of nitrogens with one attached hydrogen (secondary N) is 2. The maximum atomic E-state index is 11.5. The predicted octanol–water partition coefficient (Wildman–Crippen LogP) is 0.714. The van der Waals surface area contributed by atoms with E-state index < -0.39 is 9.84 Å². The van der Waals surface area contributed by atoms with Crippen molar-refractivity contribution in [2.45, 2.75) is 45.7 Å². The first-order chi connectivity index (χ1) is 11.0. The number of aliphatic imine (C=N–C) groups is 1.